The third-order valence-electron chi connectivity index (χ3n) is 3.96. The average molecular weight is 291 g/mol. The minimum Gasteiger partial charge on any atom is -0.465 e. The van der Waals surface area contributed by atoms with E-state index in [0.717, 1.165) is 28.1 Å². The van der Waals surface area contributed by atoms with E-state index in [2.05, 4.69) is 21.0 Å². The lowest BCUT2D eigenvalue weighted by molar-refractivity contribution is -0.132. The first kappa shape index (κ1) is 12.9. The Kier molecular flexibility index (Phi) is 2.85. The van der Waals surface area contributed by atoms with Gasteiger partial charge in [-0.3, -0.25) is 9.98 Å². The van der Waals surface area contributed by atoms with Crippen LogP contribution in [-0.4, -0.2) is 29.5 Å². The predicted octanol–water partition coefficient (Wildman–Crippen LogP) is 2.23. The van der Waals surface area contributed by atoms with Gasteiger partial charge < -0.3 is 4.74 Å². The third-order valence-corrected chi connectivity index (χ3v) is 3.96. The molecule has 0 aliphatic carbocycles. The lowest BCUT2D eigenvalue weighted by Gasteiger charge is -2.06. The predicted molar refractivity (Wildman–Crippen MR) is 82.8 cm³/mol. The van der Waals surface area contributed by atoms with Gasteiger partial charge in [-0.05, 0) is 29.3 Å². The summed E-state index contributed by atoms with van der Waals surface area (Å²) in [5, 5.41) is 0. The molecule has 1 aromatic heterocycles. The van der Waals surface area contributed by atoms with Crippen molar-refractivity contribution in [3.8, 4) is 0 Å². The smallest absolute Gasteiger partial charge is 0.352 e. The van der Waals surface area contributed by atoms with Crippen LogP contribution in [0.25, 0.3) is 0 Å². The molecular weight excluding hydrogens is 278 g/mol. The van der Waals surface area contributed by atoms with Gasteiger partial charge in [-0.15, -0.1) is 0 Å². The van der Waals surface area contributed by atoms with E-state index in [1.165, 1.54) is 12.7 Å². The van der Waals surface area contributed by atoms with Crippen LogP contribution < -0.4 is 0 Å². The molecule has 0 N–H and O–H groups in total. The number of aliphatic imine (C=N–C) groups is 2. The van der Waals surface area contributed by atoms with Gasteiger partial charge in [0.2, 0.25) is 0 Å². The summed E-state index contributed by atoms with van der Waals surface area (Å²) in [6.45, 7) is 0.661. The second-order valence-electron chi connectivity index (χ2n) is 5.27. The number of benzene rings is 1. The monoisotopic (exact) mass is 291 g/mol. The standard InChI is InChI=1S/C17H13N3O2/c1-22-17(21)15-7-11-6-12-9-19-16(10-2-4-18-5-3-10)13(12)8-14(11)20-15/h2-6,8H,7,9H2,1H3. The number of rotatable bonds is 2. The molecule has 0 saturated carbocycles. The summed E-state index contributed by atoms with van der Waals surface area (Å²) in [5.74, 6) is -0.362. The van der Waals surface area contributed by atoms with E-state index in [0.29, 0.717) is 18.7 Å². The molecule has 0 spiro atoms. The van der Waals surface area contributed by atoms with Crippen molar-refractivity contribution in [1.29, 1.82) is 0 Å². The first-order chi connectivity index (χ1) is 10.8. The van der Waals surface area contributed by atoms with Crippen LogP contribution >= 0.6 is 0 Å². The fraction of sp³-hybridized carbons (Fsp3) is 0.176. The Morgan fingerprint density at radius 1 is 1.18 bits per heavy atom. The number of carbonyl (C=O) groups is 1. The lowest BCUT2D eigenvalue weighted by Crippen LogP contribution is -2.15. The fourth-order valence-corrected chi connectivity index (χ4v) is 2.89. The molecule has 5 heteroatoms. The van der Waals surface area contributed by atoms with Crippen molar-refractivity contribution in [2.24, 2.45) is 9.98 Å². The van der Waals surface area contributed by atoms with E-state index in [9.17, 15) is 4.79 Å². The largest absolute Gasteiger partial charge is 0.465 e. The second-order valence-corrected chi connectivity index (χ2v) is 5.27. The van der Waals surface area contributed by atoms with E-state index in [1.54, 1.807) is 12.4 Å². The van der Waals surface area contributed by atoms with Crippen molar-refractivity contribution in [3.05, 3.63) is 58.9 Å². The zero-order valence-electron chi connectivity index (χ0n) is 12.0. The third kappa shape index (κ3) is 1.94. The molecule has 0 atom stereocenters. The molecule has 4 rings (SSSR count). The molecule has 0 unspecified atom stereocenters. The number of ether oxygens (including phenoxy) is 1. The SMILES string of the molecule is COC(=O)C1=Nc2cc3c(cc2C1)CN=C3c1ccncc1. The maximum absolute atomic E-state index is 11.6. The molecule has 2 aliphatic heterocycles. The summed E-state index contributed by atoms with van der Waals surface area (Å²) in [6, 6.07) is 8.02. The topological polar surface area (TPSA) is 63.9 Å². The van der Waals surface area contributed by atoms with Gasteiger partial charge in [0.1, 0.15) is 5.71 Å². The van der Waals surface area contributed by atoms with E-state index in [4.69, 9.17) is 4.74 Å². The average Bonchev–Trinajstić information content (AvgIpc) is 3.15. The van der Waals surface area contributed by atoms with Gasteiger partial charge in [-0.1, -0.05) is 6.07 Å². The van der Waals surface area contributed by atoms with Crippen LogP contribution in [0.1, 0.15) is 22.3 Å². The highest BCUT2D eigenvalue weighted by molar-refractivity contribution is 6.38. The van der Waals surface area contributed by atoms with E-state index in [-0.39, 0.29) is 5.97 Å². The highest BCUT2D eigenvalue weighted by atomic mass is 16.5. The molecule has 0 saturated heterocycles. The second kappa shape index (κ2) is 4.87. The summed E-state index contributed by atoms with van der Waals surface area (Å²) in [7, 11) is 1.38. The van der Waals surface area contributed by atoms with Gasteiger partial charge in [0.05, 0.1) is 25.1 Å². The summed E-state index contributed by atoms with van der Waals surface area (Å²) in [5.41, 5.74) is 6.62. The summed E-state index contributed by atoms with van der Waals surface area (Å²) in [4.78, 5) is 24.7. The highest BCUT2D eigenvalue weighted by Gasteiger charge is 2.25. The molecule has 5 nitrogen and oxygen atoms in total. The normalized spacial score (nSPS) is 15.0. The van der Waals surface area contributed by atoms with Crippen LogP contribution in [0.15, 0.2) is 46.6 Å². The number of methoxy groups -OCH3 is 1. The van der Waals surface area contributed by atoms with Crippen LogP contribution in [0.2, 0.25) is 0 Å². The molecule has 2 aliphatic rings. The van der Waals surface area contributed by atoms with Crippen LogP contribution in [-0.2, 0) is 22.5 Å². The Labute approximate surface area is 127 Å². The molecule has 0 bridgehead atoms. The van der Waals surface area contributed by atoms with Crippen LogP contribution in [0.3, 0.4) is 0 Å². The molecule has 0 fully saturated rings. The van der Waals surface area contributed by atoms with E-state index in [1.807, 2.05) is 18.2 Å². The maximum Gasteiger partial charge on any atom is 0.352 e. The Bertz CT molecular complexity index is 838. The fourth-order valence-electron chi connectivity index (χ4n) is 2.89. The molecule has 0 radical (unpaired) electrons. The Balaban J connectivity index is 1.76. The molecule has 3 heterocycles. The highest BCUT2D eigenvalue weighted by Crippen LogP contribution is 2.34. The zero-order valence-corrected chi connectivity index (χ0v) is 12.0. The molecule has 1 aromatic carbocycles. The number of hydrogen-bond donors (Lipinski definition) is 0. The quantitative estimate of drug-likeness (QED) is 0.797. The number of pyridine rings is 1. The van der Waals surface area contributed by atoms with Crippen LogP contribution in [0.4, 0.5) is 5.69 Å². The number of esters is 1. The Morgan fingerprint density at radius 2 is 2.00 bits per heavy atom. The Hall–Kier alpha value is -2.82. The number of nitrogens with zero attached hydrogens (tertiary/aromatic N) is 3. The van der Waals surface area contributed by atoms with Gasteiger partial charge >= 0.3 is 5.97 Å². The first-order valence-electron chi connectivity index (χ1n) is 7.03. The summed E-state index contributed by atoms with van der Waals surface area (Å²) < 4.78 is 4.76. The number of aromatic nitrogens is 1. The van der Waals surface area contributed by atoms with Gasteiger partial charge in [0.15, 0.2) is 0 Å². The van der Waals surface area contributed by atoms with Gasteiger partial charge in [-0.25, -0.2) is 9.79 Å². The molecule has 0 amide bonds. The number of fused-ring (bicyclic) bond motifs is 2. The molecular formula is C17H13N3O2. The number of hydrogen-bond acceptors (Lipinski definition) is 5. The summed E-state index contributed by atoms with van der Waals surface area (Å²) >= 11 is 0. The van der Waals surface area contributed by atoms with Crippen molar-refractivity contribution in [2.75, 3.05) is 7.11 Å². The van der Waals surface area contributed by atoms with Gasteiger partial charge in [0.25, 0.3) is 0 Å². The maximum atomic E-state index is 11.6. The number of carbonyl (C=O) groups excluding carboxylic acids is 1. The van der Waals surface area contributed by atoms with Crippen LogP contribution in [0, 0.1) is 0 Å². The van der Waals surface area contributed by atoms with E-state index < -0.39 is 0 Å². The van der Waals surface area contributed by atoms with Crippen molar-refractivity contribution >= 4 is 23.1 Å². The van der Waals surface area contributed by atoms with Crippen molar-refractivity contribution in [3.63, 3.8) is 0 Å². The minimum absolute atomic E-state index is 0.362. The van der Waals surface area contributed by atoms with Crippen molar-refractivity contribution < 1.29 is 9.53 Å². The first-order valence-corrected chi connectivity index (χ1v) is 7.03. The van der Waals surface area contributed by atoms with Crippen LogP contribution in [0.5, 0.6) is 0 Å². The molecule has 2 aromatic rings. The summed E-state index contributed by atoms with van der Waals surface area (Å²) in [6.07, 6.45) is 4.05. The Morgan fingerprint density at radius 3 is 2.77 bits per heavy atom. The lowest BCUT2D eigenvalue weighted by atomic mass is 9.97. The van der Waals surface area contributed by atoms with Crippen molar-refractivity contribution in [1.82, 2.24) is 4.98 Å². The van der Waals surface area contributed by atoms with E-state index >= 15 is 0 Å². The molecule has 22 heavy (non-hydrogen) atoms. The van der Waals surface area contributed by atoms with Gasteiger partial charge in [0, 0.05) is 29.9 Å². The minimum atomic E-state index is -0.362. The van der Waals surface area contributed by atoms with Gasteiger partial charge in [-0.2, -0.15) is 0 Å². The zero-order chi connectivity index (χ0) is 15.1. The van der Waals surface area contributed by atoms with Crippen molar-refractivity contribution in [2.45, 2.75) is 13.0 Å². The molecule has 108 valence electrons.